The molecule has 0 bridgehead atoms. The minimum absolute atomic E-state index is 0. The number of carbonyl (C=O) groups excluding carboxylic acids is 4. The Bertz CT molecular complexity index is 919. The smallest absolute Gasteiger partial charge is 0.317 e. The molecular formula is C15H30O18S3. The van der Waals surface area contributed by atoms with Crippen molar-refractivity contribution in [2.75, 3.05) is 51.3 Å². The fourth-order valence-electron chi connectivity index (χ4n) is 1.12. The van der Waals surface area contributed by atoms with Gasteiger partial charge in [0.05, 0.1) is 26.6 Å². The number of esters is 4. The van der Waals surface area contributed by atoms with E-state index in [1.807, 2.05) is 0 Å². The van der Waals surface area contributed by atoms with Crippen LogP contribution >= 0.6 is 0 Å². The molecule has 36 heavy (non-hydrogen) atoms. The average Bonchev–Trinajstić information content (AvgIpc) is 2.65. The van der Waals surface area contributed by atoms with E-state index in [2.05, 4.69) is 18.9 Å². The zero-order chi connectivity index (χ0) is 28.3. The van der Waals surface area contributed by atoms with Crippen molar-refractivity contribution in [1.29, 1.82) is 0 Å². The lowest BCUT2D eigenvalue weighted by atomic mass is 10.4. The van der Waals surface area contributed by atoms with Crippen molar-refractivity contribution in [3.8, 4) is 0 Å². The summed E-state index contributed by atoms with van der Waals surface area (Å²) in [5.74, 6) is -5.55. The van der Waals surface area contributed by atoms with Gasteiger partial charge >= 0.3 is 23.9 Å². The van der Waals surface area contributed by atoms with Gasteiger partial charge in [0.25, 0.3) is 30.4 Å². The number of rotatable bonds is 12. The van der Waals surface area contributed by atoms with Gasteiger partial charge in [-0.1, -0.05) is 7.43 Å². The number of aliphatic hydroxyl groups is 1. The molecule has 0 spiro atoms. The van der Waals surface area contributed by atoms with Gasteiger partial charge in [0.1, 0.15) is 37.6 Å². The molecular weight excluding hydrogens is 564 g/mol. The summed E-state index contributed by atoms with van der Waals surface area (Å²) in [5, 5.41) is 7.86. The van der Waals surface area contributed by atoms with Gasteiger partial charge in [-0.25, -0.2) is 0 Å². The maximum absolute atomic E-state index is 10.9. The predicted molar refractivity (Wildman–Crippen MR) is 118 cm³/mol. The summed E-state index contributed by atoms with van der Waals surface area (Å²) < 4.78 is 102. The maximum atomic E-state index is 10.9. The van der Waals surface area contributed by atoms with E-state index in [1.54, 1.807) is 0 Å². The lowest BCUT2D eigenvalue weighted by Crippen LogP contribution is -2.20. The second-order valence-corrected chi connectivity index (χ2v) is 10.2. The highest BCUT2D eigenvalue weighted by Crippen LogP contribution is 1.94. The molecule has 0 aromatic heterocycles. The Morgan fingerprint density at radius 2 is 0.861 bits per heavy atom. The molecule has 0 atom stereocenters. The molecule has 0 amide bonds. The SMILES string of the molecule is C.COC(=O)CC(=O)OC.O=C(CC(=O)OCCS(=O)(=O)O)OCCS(=O)(=O)O.O=S(=O)(O)CCO. The molecule has 0 aliphatic rings. The minimum atomic E-state index is -4.27. The zero-order valence-corrected chi connectivity index (χ0v) is 20.8. The third kappa shape index (κ3) is 38.8. The van der Waals surface area contributed by atoms with Gasteiger partial charge in [0.2, 0.25) is 0 Å². The summed E-state index contributed by atoms with van der Waals surface area (Å²) in [5.41, 5.74) is 0. The minimum Gasteiger partial charge on any atom is -0.469 e. The summed E-state index contributed by atoms with van der Waals surface area (Å²) in [7, 11) is -10.0. The first-order valence-corrected chi connectivity index (χ1v) is 13.5. The molecule has 0 radical (unpaired) electrons. The lowest BCUT2D eigenvalue weighted by Gasteiger charge is -2.04. The van der Waals surface area contributed by atoms with E-state index in [0.29, 0.717) is 0 Å². The van der Waals surface area contributed by atoms with Gasteiger partial charge in [-0.05, 0) is 0 Å². The molecule has 4 N–H and O–H groups in total. The van der Waals surface area contributed by atoms with Crippen LogP contribution in [0, 0.1) is 0 Å². The van der Waals surface area contributed by atoms with Crippen LogP contribution in [0.4, 0.5) is 0 Å². The molecule has 0 unspecified atom stereocenters. The highest BCUT2D eigenvalue weighted by molar-refractivity contribution is 7.86. The van der Waals surface area contributed by atoms with Crippen molar-refractivity contribution in [1.82, 2.24) is 0 Å². The molecule has 0 fully saturated rings. The first-order valence-electron chi connectivity index (χ1n) is 8.67. The van der Waals surface area contributed by atoms with E-state index in [4.69, 9.17) is 18.8 Å². The Labute approximate surface area is 208 Å². The van der Waals surface area contributed by atoms with Gasteiger partial charge in [0.15, 0.2) is 0 Å². The van der Waals surface area contributed by atoms with Crippen molar-refractivity contribution in [2.45, 2.75) is 20.3 Å². The van der Waals surface area contributed by atoms with Crippen LogP contribution in [0.1, 0.15) is 20.3 Å². The third-order valence-corrected chi connectivity index (χ3v) is 4.65. The molecule has 0 aromatic carbocycles. The topological polar surface area (TPSA) is 289 Å². The summed E-state index contributed by atoms with van der Waals surface area (Å²) >= 11 is 0. The van der Waals surface area contributed by atoms with Gasteiger partial charge in [-0.15, -0.1) is 0 Å². The number of hydrogen-bond acceptors (Lipinski definition) is 15. The number of aliphatic hydroxyl groups excluding tert-OH is 1. The van der Waals surface area contributed by atoms with Gasteiger partial charge in [0, 0.05) is 0 Å². The Balaban J connectivity index is -0.000000250. The molecule has 0 aliphatic heterocycles. The molecule has 21 heteroatoms. The Hall–Kier alpha value is -2.43. The molecule has 0 saturated heterocycles. The fraction of sp³-hybridized carbons (Fsp3) is 0.733. The van der Waals surface area contributed by atoms with Crippen LogP contribution in [-0.2, 0) is 68.5 Å². The highest BCUT2D eigenvalue weighted by atomic mass is 32.2. The number of carbonyl (C=O) groups is 4. The van der Waals surface area contributed by atoms with Crippen LogP contribution in [0.25, 0.3) is 0 Å². The molecule has 0 rings (SSSR count). The van der Waals surface area contributed by atoms with Crippen molar-refractivity contribution < 1.29 is 82.1 Å². The standard InChI is InChI=1S/C7H12O10S2.C5H8O4.C2H6O4S.CH4/c8-6(16-1-3-18(10,11)12)5-7(9)17-2-4-19(13,14)15;1-8-4(6)3-5(7)9-2;3-1-2-7(4,5)6;/h1-5H2,(H,10,11,12)(H,13,14,15);3H2,1-2H3;3H,1-2H2,(H,4,5,6);1H4. The monoisotopic (exact) mass is 594 g/mol. The van der Waals surface area contributed by atoms with Crippen molar-refractivity contribution in [3.05, 3.63) is 0 Å². The number of ether oxygens (including phenoxy) is 4. The second-order valence-electron chi connectivity index (χ2n) is 5.53. The van der Waals surface area contributed by atoms with Crippen molar-refractivity contribution in [3.63, 3.8) is 0 Å². The average molecular weight is 595 g/mol. The largest absolute Gasteiger partial charge is 0.469 e. The van der Waals surface area contributed by atoms with Crippen LogP contribution < -0.4 is 0 Å². The zero-order valence-electron chi connectivity index (χ0n) is 18.4. The van der Waals surface area contributed by atoms with E-state index >= 15 is 0 Å². The Kier molecular flexibility index (Phi) is 23.5. The second kappa shape index (κ2) is 20.7. The van der Waals surface area contributed by atoms with Crippen LogP contribution in [0.3, 0.4) is 0 Å². The van der Waals surface area contributed by atoms with Crippen LogP contribution in [0.2, 0.25) is 0 Å². The molecule has 0 saturated carbocycles. The van der Waals surface area contributed by atoms with Gasteiger partial charge in [-0.2, -0.15) is 25.3 Å². The van der Waals surface area contributed by atoms with Gasteiger partial charge in [-0.3, -0.25) is 32.8 Å². The normalized spacial score (nSPS) is 10.6. The van der Waals surface area contributed by atoms with Crippen LogP contribution in [0.15, 0.2) is 0 Å². The summed E-state index contributed by atoms with van der Waals surface area (Å²) in [6, 6.07) is 0. The van der Waals surface area contributed by atoms with Crippen LogP contribution in [0.5, 0.6) is 0 Å². The molecule has 216 valence electrons. The van der Waals surface area contributed by atoms with E-state index < -0.39 is 97.7 Å². The van der Waals surface area contributed by atoms with E-state index in [1.165, 1.54) is 14.2 Å². The molecule has 18 nitrogen and oxygen atoms in total. The van der Waals surface area contributed by atoms with Crippen LogP contribution in [-0.4, -0.2) is 119 Å². The van der Waals surface area contributed by atoms with E-state index in [-0.39, 0.29) is 13.8 Å². The lowest BCUT2D eigenvalue weighted by molar-refractivity contribution is -0.154. The maximum Gasteiger partial charge on any atom is 0.317 e. The predicted octanol–water partition coefficient (Wildman–Crippen LogP) is -2.54. The highest BCUT2D eigenvalue weighted by Gasteiger charge is 2.15. The van der Waals surface area contributed by atoms with E-state index in [0.717, 1.165) is 0 Å². The summed E-state index contributed by atoms with van der Waals surface area (Å²) in [6.07, 6.45) is -1.16. The quantitative estimate of drug-likeness (QED) is 0.0783. The number of hydrogen-bond donors (Lipinski definition) is 4. The van der Waals surface area contributed by atoms with E-state index in [9.17, 15) is 44.4 Å². The number of methoxy groups -OCH3 is 2. The fourth-order valence-corrected chi connectivity index (χ4v) is 1.94. The first-order chi connectivity index (χ1) is 15.8. The van der Waals surface area contributed by atoms with Crippen molar-refractivity contribution in [2.24, 2.45) is 0 Å². The van der Waals surface area contributed by atoms with Crippen molar-refractivity contribution >= 4 is 54.2 Å². The molecule has 0 heterocycles. The molecule has 0 aromatic rings. The summed E-state index contributed by atoms with van der Waals surface area (Å²) in [6.45, 7) is -1.79. The van der Waals surface area contributed by atoms with Gasteiger partial charge < -0.3 is 24.1 Å². The third-order valence-electron chi connectivity index (χ3n) is 2.59. The Morgan fingerprint density at radius 1 is 0.583 bits per heavy atom. The summed E-state index contributed by atoms with van der Waals surface area (Å²) in [4.78, 5) is 42.4. The molecule has 0 aliphatic carbocycles. The Morgan fingerprint density at radius 3 is 1.06 bits per heavy atom. The first kappa shape index (κ1) is 40.7.